The van der Waals surface area contributed by atoms with Crippen LogP contribution in [0.3, 0.4) is 0 Å². The lowest BCUT2D eigenvalue weighted by Crippen LogP contribution is -2.14. The van der Waals surface area contributed by atoms with Crippen molar-refractivity contribution in [3.8, 4) is 5.75 Å². The molecule has 2 rings (SSSR count). The van der Waals surface area contributed by atoms with E-state index < -0.39 is 5.60 Å². The van der Waals surface area contributed by atoms with Crippen LogP contribution in [0.15, 0.2) is 54.6 Å². The zero-order chi connectivity index (χ0) is 15.2. The van der Waals surface area contributed by atoms with Crippen molar-refractivity contribution in [1.82, 2.24) is 0 Å². The number of phenols is 1. The van der Waals surface area contributed by atoms with Crippen LogP contribution in [0.4, 0.5) is 0 Å². The zero-order valence-corrected chi connectivity index (χ0v) is 12.7. The molecule has 0 aliphatic rings. The monoisotopic (exact) mass is 272 g/mol. The van der Waals surface area contributed by atoms with E-state index in [1.807, 2.05) is 42.5 Å². The predicted octanol–water partition coefficient (Wildman–Crippen LogP) is 4.43. The molecule has 0 fully saturated rings. The molecule has 2 aromatic rings. The molecule has 0 saturated carbocycles. The summed E-state index contributed by atoms with van der Waals surface area (Å²) in [5.74, 6) is 0.880. The topological polar surface area (TPSA) is 40.5 Å². The highest BCUT2D eigenvalue weighted by Gasteiger charge is 2.13. The van der Waals surface area contributed by atoms with E-state index in [2.05, 4.69) is 13.8 Å². The lowest BCUT2D eigenvalue weighted by molar-refractivity contribution is 0.0786. The third-order valence-electron chi connectivity index (χ3n) is 3.04. The van der Waals surface area contributed by atoms with Crippen molar-refractivity contribution in [2.24, 2.45) is 0 Å². The van der Waals surface area contributed by atoms with Gasteiger partial charge in [0, 0.05) is 0 Å². The molecule has 0 radical (unpaired) electrons. The Morgan fingerprint density at radius 3 is 1.70 bits per heavy atom. The quantitative estimate of drug-likeness (QED) is 0.849. The maximum atomic E-state index is 9.49. The maximum absolute atomic E-state index is 9.49. The Bertz CT molecular complexity index is 493. The highest BCUT2D eigenvalue weighted by atomic mass is 16.3. The summed E-state index contributed by atoms with van der Waals surface area (Å²) in [6.45, 7) is 7.82. The fourth-order valence-electron chi connectivity index (χ4n) is 1.71. The normalized spacial score (nSPS) is 10.9. The molecule has 108 valence electrons. The van der Waals surface area contributed by atoms with Crippen LogP contribution in [0, 0.1) is 0 Å². The van der Waals surface area contributed by atoms with Crippen LogP contribution in [0.1, 0.15) is 44.7 Å². The number of rotatable bonds is 2. The summed E-state index contributed by atoms with van der Waals surface area (Å²) in [4.78, 5) is 0. The van der Waals surface area contributed by atoms with Crippen molar-refractivity contribution >= 4 is 0 Å². The van der Waals surface area contributed by atoms with E-state index in [0.29, 0.717) is 11.7 Å². The van der Waals surface area contributed by atoms with Crippen molar-refractivity contribution in [1.29, 1.82) is 0 Å². The number of hydrogen-bond acceptors (Lipinski definition) is 2. The van der Waals surface area contributed by atoms with E-state index in [1.54, 1.807) is 26.0 Å². The summed E-state index contributed by atoms with van der Waals surface area (Å²) in [6, 6.07) is 16.9. The molecule has 2 nitrogen and oxygen atoms in total. The van der Waals surface area contributed by atoms with Crippen LogP contribution < -0.4 is 0 Å². The average molecular weight is 272 g/mol. The second-order valence-electron chi connectivity index (χ2n) is 5.67. The molecule has 0 amide bonds. The molecule has 0 heterocycles. The van der Waals surface area contributed by atoms with Crippen LogP contribution in [0.5, 0.6) is 5.75 Å². The van der Waals surface area contributed by atoms with E-state index in [0.717, 1.165) is 5.56 Å². The van der Waals surface area contributed by atoms with Crippen molar-refractivity contribution in [2.45, 2.75) is 39.2 Å². The minimum absolute atomic E-state index is 0.337. The lowest BCUT2D eigenvalue weighted by Gasteiger charge is -2.16. The van der Waals surface area contributed by atoms with Gasteiger partial charge in [0.1, 0.15) is 5.75 Å². The Labute approximate surface area is 121 Å². The van der Waals surface area contributed by atoms with Crippen molar-refractivity contribution in [3.05, 3.63) is 65.7 Å². The van der Waals surface area contributed by atoms with Crippen LogP contribution in [-0.2, 0) is 5.60 Å². The highest BCUT2D eigenvalue weighted by Crippen LogP contribution is 2.18. The molecule has 2 aromatic carbocycles. The van der Waals surface area contributed by atoms with E-state index in [-0.39, 0.29) is 0 Å². The second-order valence-corrected chi connectivity index (χ2v) is 5.67. The Morgan fingerprint density at radius 2 is 1.35 bits per heavy atom. The standard InChI is InChI=1S/2C9H12O/c1-7(2)8-3-5-9(10)6-4-8;1-9(2,10)8-6-4-3-5-7-8/h2*3-7,10H,1-2H3. The Morgan fingerprint density at radius 1 is 0.850 bits per heavy atom. The molecule has 0 aliphatic heterocycles. The third-order valence-corrected chi connectivity index (χ3v) is 3.04. The lowest BCUT2D eigenvalue weighted by atomic mass is 9.99. The minimum atomic E-state index is -0.707. The second kappa shape index (κ2) is 7.11. The van der Waals surface area contributed by atoms with E-state index in [9.17, 15) is 5.11 Å². The van der Waals surface area contributed by atoms with Crippen molar-refractivity contribution in [3.63, 3.8) is 0 Å². The molecule has 0 bridgehead atoms. The third kappa shape index (κ3) is 5.45. The smallest absolute Gasteiger partial charge is 0.115 e. The SMILES string of the molecule is CC(C)(O)c1ccccc1.CC(C)c1ccc(O)cc1. The van der Waals surface area contributed by atoms with Gasteiger partial charge >= 0.3 is 0 Å². The van der Waals surface area contributed by atoms with Gasteiger partial charge < -0.3 is 10.2 Å². The first kappa shape index (κ1) is 16.3. The van der Waals surface area contributed by atoms with Gasteiger partial charge in [0.15, 0.2) is 0 Å². The largest absolute Gasteiger partial charge is 0.508 e. The van der Waals surface area contributed by atoms with Crippen LogP contribution in [-0.4, -0.2) is 10.2 Å². The molecule has 2 N–H and O–H groups in total. The van der Waals surface area contributed by atoms with Gasteiger partial charge in [-0.3, -0.25) is 0 Å². The van der Waals surface area contributed by atoms with Crippen LogP contribution in [0.25, 0.3) is 0 Å². The van der Waals surface area contributed by atoms with Crippen LogP contribution in [0.2, 0.25) is 0 Å². The summed E-state index contributed by atoms with van der Waals surface area (Å²) in [6.07, 6.45) is 0. The van der Waals surface area contributed by atoms with Gasteiger partial charge in [-0.1, -0.05) is 56.3 Å². The van der Waals surface area contributed by atoms with Crippen molar-refractivity contribution in [2.75, 3.05) is 0 Å². The first-order valence-electron chi connectivity index (χ1n) is 6.87. The van der Waals surface area contributed by atoms with Gasteiger partial charge in [-0.2, -0.15) is 0 Å². The number of aromatic hydroxyl groups is 1. The molecule has 0 unspecified atom stereocenters. The fourth-order valence-corrected chi connectivity index (χ4v) is 1.71. The van der Waals surface area contributed by atoms with Gasteiger partial charge in [0.2, 0.25) is 0 Å². The van der Waals surface area contributed by atoms with Gasteiger partial charge in [0.25, 0.3) is 0 Å². The molecule has 0 spiro atoms. The molecule has 0 aromatic heterocycles. The fraction of sp³-hybridized carbons (Fsp3) is 0.333. The zero-order valence-electron chi connectivity index (χ0n) is 12.7. The molecule has 0 aliphatic carbocycles. The molecule has 0 saturated heterocycles. The number of hydrogen-bond donors (Lipinski definition) is 2. The minimum Gasteiger partial charge on any atom is -0.508 e. The van der Waals surface area contributed by atoms with Gasteiger partial charge in [-0.25, -0.2) is 0 Å². The van der Waals surface area contributed by atoms with E-state index in [1.165, 1.54) is 5.56 Å². The van der Waals surface area contributed by atoms with Gasteiger partial charge in [0.05, 0.1) is 5.60 Å². The molecule has 0 atom stereocenters. The Balaban J connectivity index is 0.000000200. The predicted molar refractivity (Wildman–Crippen MR) is 83.9 cm³/mol. The molecular weight excluding hydrogens is 248 g/mol. The number of phenolic OH excluding ortho intramolecular Hbond substituents is 1. The summed E-state index contributed by atoms with van der Waals surface area (Å²) >= 11 is 0. The maximum Gasteiger partial charge on any atom is 0.115 e. The summed E-state index contributed by atoms with van der Waals surface area (Å²) < 4.78 is 0. The molecule has 2 heteroatoms. The number of benzene rings is 2. The first-order valence-corrected chi connectivity index (χ1v) is 6.87. The highest BCUT2D eigenvalue weighted by molar-refractivity contribution is 5.27. The molecule has 20 heavy (non-hydrogen) atoms. The Hall–Kier alpha value is -1.80. The Kier molecular flexibility index (Phi) is 5.78. The van der Waals surface area contributed by atoms with E-state index in [4.69, 9.17) is 5.11 Å². The average Bonchev–Trinajstić information content (AvgIpc) is 2.40. The van der Waals surface area contributed by atoms with Gasteiger partial charge in [-0.15, -0.1) is 0 Å². The number of aliphatic hydroxyl groups is 1. The first-order chi connectivity index (χ1) is 9.30. The summed E-state index contributed by atoms with van der Waals surface area (Å²) in [5, 5.41) is 18.4. The van der Waals surface area contributed by atoms with Crippen LogP contribution >= 0.6 is 0 Å². The van der Waals surface area contributed by atoms with Gasteiger partial charge in [-0.05, 0) is 43.0 Å². The summed E-state index contributed by atoms with van der Waals surface area (Å²) in [7, 11) is 0. The summed E-state index contributed by atoms with van der Waals surface area (Å²) in [5.41, 5.74) is 1.51. The van der Waals surface area contributed by atoms with E-state index >= 15 is 0 Å². The van der Waals surface area contributed by atoms with Crippen molar-refractivity contribution < 1.29 is 10.2 Å². The molecular formula is C18H24O2.